The van der Waals surface area contributed by atoms with Crippen LogP contribution in [0.3, 0.4) is 0 Å². The number of aliphatic hydroxyl groups is 2. The Bertz CT molecular complexity index is 690. The van der Waals surface area contributed by atoms with Gasteiger partial charge in [-0.15, -0.1) is 0 Å². The maximum Gasteiger partial charge on any atom is 0.230 e. The number of ether oxygens (including phenoxy) is 1. The second-order valence-corrected chi connectivity index (χ2v) is 11.9. The van der Waals surface area contributed by atoms with E-state index in [0.29, 0.717) is 42.9 Å². The van der Waals surface area contributed by atoms with Gasteiger partial charge in [-0.05, 0) is 43.4 Å². The van der Waals surface area contributed by atoms with Crippen LogP contribution in [0.15, 0.2) is 0 Å². The summed E-state index contributed by atoms with van der Waals surface area (Å²) in [5, 5.41) is 27.3. The van der Waals surface area contributed by atoms with Crippen LogP contribution in [0.1, 0.15) is 64.2 Å². The number of aliphatic hydroxyl groups excluding tert-OH is 2. The Balaban J connectivity index is 1.21. The molecule has 2 heterocycles. The molecule has 4 N–H and O–H groups in total. The van der Waals surface area contributed by atoms with Gasteiger partial charge in [-0.3, -0.25) is 10.2 Å². The minimum absolute atomic E-state index is 0.0449. The van der Waals surface area contributed by atoms with E-state index in [1.165, 1.54) is 51.4 Å². The Morgan fingerprint density at radius 3 is 2.62 bits per heavy atom. The van der Waals surface area contributed by atoms with E-state index in [-0.39, 0.29) is 18.4 Å². The first-order chi connectivity index (χ1) is 16.5. The molecule has 3 aliphatic carbocycles. The van der Waals surface area contributed by atoms with Gasteiger partial charge in [0.15, 0.2) is 0 Å². The Labute approximate surface area is 204 Å². The molecule has 2 saturated heterocycles. The number of amides is 1. The van der Waals surface area contributed by atoms with Crippen LogP contribution in [0, 0.1) is 23.7 Å². The Kier molecular flexibility index (Phi) is 8.13. The van der Waals surface area contributed by atoms with E-state index in [1.807, 2.05) is 4.90 Å². The molecular formula is C26H46N4O4. The van der Waals surface area contributed by atoms with E-state index < -0.39 is 18.1 Å². The SMILES string of the molecule is CN1CC(NC2CCCC3CN(C(=O)C4C(O)CC(O)CC4OCC4CCCCC4)CC32)CN1. The Morgan fingerprint density at radius 2 is 1.85 bits per heavy atom. The summed E-state index contributed by atoms with van der Waals surface area (Å²) in [7, 11) is 2.08. The van der Waals surface area contributed by atoms with Gasteiger partial charge in [0.2, 0.25) is 5.91 Å². The van der Waals surface area contributed by atoms with Gasteiger partial charge in [-0.1, -0.05) is 25.7 Å². The summed E-state index contributed by atoms with van der Waals surface area (Å²) in [5.41, 5.74) is 3.38. The topological polar surface area (TPSA) is 97.3 Å². The summed E-state index contributed by atoms with van der Waals surface area (Å²) in [5.74, 6) is 1.06. The molecule has 0 radical (unpaired) electrons. The zero-order chi connectivity index (χ0) is 23.7. The molecule has 0 aromatic carbocycles. The largest absolute Gasteiger partial charge is 0.393 e. The molecule has 8 unspecified atom stereocenters. The average molecular weight is 479 g/mol. The summed E-state index contributed by atoms with van der Waals surface area (Å²) in [6, 6.07) is 0.907. The summed E-state index contributed by atoms with van der Waals surface area (Å²) >= 11 is 0. The number of carbonyl (C=O) groups excluding carboxylic acids is 1. The molecule has 0 bridgehead atoms. The highest BCUT2D eigenvalue weighted by atomic mass is 16.5. The number of hydrazine groups is 1. The van der Waals surface area contributed by atoms with Crippen LogP contribution in [0.5, 0.6) is 0 Å². The standard InChI is InChI=1S/C26H46N4O4/c1-29-14-19(12-27-29)28-22-9-5-8-18-13-30(15-21(18)22)26(33)25-23(32)10-20(31)11-24(25)34-16-17-6-3-2-4-7-17/h17-25,27-28,31-32H,2-16H2,1H3. The van der Waals surface area contributed by atoms with E-state index in [0.717, 1.165) is 26.2 Å². The Hall–Kier alpha value is -0.770. The summed E-state index contributed by atoms with van der Waals surface area (Å²) in [6.45, 7) is 4.19. The van der Waals surface area contributed by atoms with Crippen molar-refractivity contribution >= 4 is 5.91 Å². The molecule has 2 aliphatic heterocycles. The van der Waals surface area contributed by atoms with E-state index in [9.17, 15) is 15.0 Å². The number of nitrogens with one attached hydrogen (secondary N) is 2. The second kappa shape index (κ2) is 11.1. The van der Waals surface area contributed by atoms with Gasteiger partial charge in [0.25, 0.3) is 0 Å². The molecule has 34 heavy (non-hydrogen) atoms. The van der Waals surface area contributed by atoms with E-state index in [1.54, 1.807) is 0 Å². The van der Waals surface area contributed by atoms with Gasteiger partial charge in [0.1, 0.15) is 0 Å². The summed E-state index contributed by atoms with van der Waals surface area (Å²) < 4.78 is 6.30. The monoisotopic (exact) mass is 478 g/mol. The van der Waals surface area contributed by atoms with Crippen LogP contribution in [0.2, 0.25) is 0 Å². The fourth-order valence-corrected chi connectivity index (χ4v) is 7.50. The first-order valence-electron chi connectivity index (χ1n) is 13.9. The number of hydrogen-bond donors (Lipinski definition) is 4. The minimum Gasteiger partial charge on any atom is -0.393 e. The number of rotatable bonds is 6. The third-order valence-electron chi connectivity index (χ3n) is 9.35. The maximum absolute atomic E-state index is 13.8. The van der Waals surface area contributed by atoms with Gasteiger partial charge >= 0.3 is 0 Å². The van der Waals surface area contributed by atoms with Gasteiger partial charge in [-0.25, -0.2) is 5.01 Å². The van der Waals surface area contributed by atoms with Crippen molar-refractivity contribution in [3.05, 3.63) is 0 Å². The third-order valence-corrected chi connectivity index (χ3v) is 9.35. The highest BCUT2D eigenvalue weighted by Crippen LogP contribution is 2.39. The predicted molar refractivity (Wildman–Crippen MR) is 130 cm³/mol. The predicted octanol–water partition coefficient (Wildman–Crippen LogP) is 1.12. The quantitative estimate of drug-likeness (QED) is 0.454. The summed E-state index contributed by atoms with van der Waals surface area (Å²) in [4.78, 5) is 15.8. The van der Waals surface area contributed by atoms with Gasteiger partial charge in [0.05, 0.1) is 24.2 Å². The highest BCUT2D eigenvalue weighted by molar-refractivity contribution is 5.80. The molecule has 8 heteroatoms. The van der Waals surface area contributed by atoms with Crippen molar-refractivity contribution in [3.63, 3.8) is 0 Å². The van der Waals surface area contributed by atoms with Crippen LogP contribution in [-0.4, -0.2) is 96.3 Å². The normalized spacial score (nSPS) is 42.1. The maximum atomic E-state index is 13.8. The van der Waals surface area contributed by atoms with Crippen LogP contribution in [0.4, 0.5) is 0 Å². The number of hydrogen-bond acceptors (Lipinski definition) is 7. The van der Waals surface area contributed by atoms with Crippen molar-refractivity contribution in [3.8, 4) is 0 Å². The first kappa shape index (κ1) is 24.9. The molecule has 5 aliphatic rings. The van der Waals surface area contributed by atoms with Crippen LogP contribution >= 0.6 is 0 Å². The highest BCUT2D eigenvalue weighted by Gasteiger charge is 2.48. The molecule has 8 nitrogen and oxygen atoms in total. The van der Waals surface area contributed by atoms with Crippen LogP contribution in [-0.2, 0) is 9.53 Å². The molecular weight excluding hydrogens is 432 g/mol. The zero-order valence-electron chi connectivity index (χ0n) is 20.9. The lowest BCUT2D eigenvalue weighted by molar-refractivity contribution is -0.158. The van der Waals surface area contributed by atoms with Gasteiger partial charge in [0, 0.05) is 64.8 Å². The third kappa shape index (κ3) is 5.62. The average Bonchev–Trinajstić information content (AvgIpc) is 3.44. The van der Waals surface area contributed by atoms with E-state index in [2.05, 4.69) is 22.8 Å². The van der Waals surface area contributed by atoms with Crippen molar-refractivity contribution in [2.24, 2.45) is 23.7 Å². The van der Waals surface area contributed by atoms with Crippen molar-refractivity contribution in [2.75, 3.05) is 39.8 Å². The Morgan fingerprint density at radius 1 is 1.03 bits per heavy atom. The molecule has 194 valence electrons. The van der Waals surface area contributed by atoms with Crippen LogP contribution < -0.4 is 10.7 Å². The van der Waals surface area contributed by atoms with E-state index in [4.69, 9.17) is 4.74 Å². The molecule has 5 fully saturated rings. The number of likely N-dealkylation sites (tertiary alicyclic amines) is 1. The fourth-order valence-electron chi connectivity index (χ4n) is 7.50. The summed E-state index contributed by atoms with van der Waals surface area (Å²) in [6.07, 6.45) is 8.67. The lowest BCUT2D eigenvalue weighted by atomic mass is 9.78. The van der Waals surface area contributed by atoms with Crippen molar-refractivity contribution in [1.82, 2.24) is 20.7 Å². The number of nitrogens with zero attached hydrogens (tertiary/aromatic N) is 2. The van der Waals surface area contributed by atoms with Gasteiger partial charge < -0.3 is 25.2 Å². The van der Waals surface area contributed by atoms with Crippen molar-refractivity contribution < 1.29 is 19.7 Å². The van der Waals surface area contributed by atoms with E-state index >= 15 is 0 Å². The first-order valence-corrected chi connectivity index (χ1v) is 13.9. The molecule has 8 atom stereocenters. The van der Waals surface area contributed by atoms with Crippen LogP contribution in [0.25, 0.3) is 0 Å². The molecule has 3 saturated carbocycles. The number of carbonyl (C=O) groups is 1. The second-order valence-electron chi connectivity index (χ2n) is 11.9. The van der Waals surface area contributed by atoms with Crippen molar-refractivity contribution in [1.29, 1.82) is 0 Å². The number of likely N-dealkylation sites (N-methyl/N-ethyl adjacent to an activating group) is 1. The molecule has 5 rings (SSSR count). The molecule has 0 aromatic rings. The molecule has 1 amide bonds. The number of fused-ring (bicyclic) bond motifs is 1. The van der Waals surface area contributed by atoms with Gasteiger partial charge in [-0.2, -0.15) is 0 Å². The zero-order valence-corrected chi connectivity index (χ0v) is 20.9. The van der Waals surface area contributed by atoms with Crippen molar-refractivity contribution in [2.45, 2.75) is 94.6 Å². The fraction of sp³-hybridized carbons (Fsp3) is 0.962. The molecule has 0 aromatic heterocycles. The lowest BCUT2D eigenvalue weighted by Crippen LogP contribution is -2.52. The minimum atomic E-state index is -0.829. The molecule has 0 spiro atoms. The lowest BCUT2D eigenvalue weighted by Gasteiger charge is -2.39. The smallest absolute Gasteiger partial charge is 0.230 e.